The Hall–Kier alpha value is -2.05. The van der Waals surface area contributed by atoms with Gasteiger partial charge in [-0.05, 0) is 25.0 Å². The summed E-state index contributed by atoms with van der Waals surface area (Å²) in [6, 6.07) is 6.04. The number of aromatic nitrogens is 2. The largest absolute Gasteiger partial charge is 0.491 e. The first-order chi connectivity index (χ1) is 11.2. The summed E-state index contributed by atoms with van der Waals surface area (Å²) in [5, 5.41) is 13.2. The van der Waals surface area contributed by atoms with Crippen molar-refractivity contribution in [2.45, 2.75) is 26.8 Å². The first-order valence-electron chi connectivity index (χ1n) is 7.91. The van der Waals surface area contributed by atoms with Crippen LogP contribution in [-0.4, -0.2) is 35.8 Å². The monoisotopic (exact) mass is 350 g/mol. The molecule has 0 saturated carbocycles. The quantitative estimate of drug-likeness (QED) is 0.720. The first kappa shape index (κ1) is 18.3. The number of rotatable bonds is 5. The van der Waals surface area contributed by atoms with Gasteiger partial charge in [-0.1, -0.05) is 18.2 Å². The Kier molecular flexibility index (Phi) is 6.23. The van der Waals surface area contributed by atoms with Gasteiger partial charge in [0.15, 0.2) is 5.69 Å². The van der Waals surface area contributed by atoms with Crippen LogP contribution in [0, 0.1) is 13.8 Å². The summed E-state index contributed by atoms with van der Waals surface area (Å²) in [7, 11) is 0. The van der Waals surface area contributed by atoms with Crippen LogP contribution in [0.15, 0.2) is 18.2 Å². The minimum Gasteiger partial charge on any atom is -0.491 e. The molecule has 3 N–H and O–H groups in total. The standard InChI is InChI=1S/C17H22N4O2.ClH/c1-11-4-3-5-12(2)16(11)23-9-8-19-17(22)15-13-10-18-7-6-14(13)20-21-15;/h3-5,18H,6-10H2,1-2H3,(H,19,22)(H,20,21);1H. The maximum absolute atomic E-state index is 12.2. The smallest absolute Gasteiger partial charge is 0.272 e. The van der Waals surface area contributed by atoms with E-state index in [0.717, 1.165) is 41.1 Å². The van der Waals surface area contributed by atoms with E-state index in [0.29, 0.717) is 25.4 Å². The zero-order valence-corrected chi connectivity index (χ0v) is 14.8. The van der Waals surface area contributed by atoms with Crippen LogP contribution < -0.4 is 15.4 Å². The van der Waals surface area contributed by atoms with Gasteiger partial charge in [0.05, 0.1) is 6.54 Å². The second-order valence-electron chi connectivity index (χ2n) is 5.78. The van der Waals surface area contributed by atoms with Crippen molar-refractivity contribution in [2.24, 2.45) is 0 Å². The van der Waals surface area contributed by atoms with Crippen molar-refractivity contribution in [3.63, 3.8) is 0 Å². The molecular formula is C17H23ClN4O2. The second kappa shape index (κ2) is 8.17. The number of hydrogen-bond donors (Lipinski definition) is 3. The van der Waals surface area contributed by atoms with Crippen molar-refractivity contribution in [1.29, 1.82) is 0 Å². The molecule has 1 amide bonds. The van der Waals surface area contributed by atoms with E-state index in [1.54, 1.807) is 0 Å². The number of halogens is 1. The molecule has 0 unspecified atom stereocenters. The Morgan fingerprint density at radius 1 is 1.33 bits per heavy atom. The summed E-state index contributed by atoms with van der Waals surface area (Å²) in [6.07, 6.45) is 0.880. The number of H-pyrrole nitrogens is 1. The highest BCUT2D eigenvalue weighted by Crippen LogP contribution is 2.22. The number of nitrogens with zero attached hydrogens (tertiary/aromatic N) is 1. The molecule has 1 aromatic carbocycles. The van der Waals surface area contributed by atoms with Crippen LogP contribution in [0.25, 0.3) is 0 Å². The molecule has 6 nitrogen and oxygen atoms in total. The van der Waals surface area contributed by atoms with Gasteiger partial charge in [0.25, 0.3) is 5.91 Å². The van der Waals surface area contributed by atoms with Crippen molar-refractivity contribution < 1.29 is 9.53 Å². The number of carbonyl (C=O) groups is 1. The van der Waals surface area contributed by atoms with Gasteiger partial charge < -0.3 is 15.4 Å². The van der Waals surface area contributed by atoms with Gasteiger partial charge in [-0.2, -0.15) is 5.10 Å². The molecule has 3 rings (SSSR count). The van der Waals surface area contributed by atoms with Crippen molar-refractivity contribution >= 4 is 18.3 Å². The maximum atomic E-state index is 12.2. The van der Waals surface area contributed by atoms with Crippen LogP contribution in [0.5, 0.6) is 5.75 Å². The lowest BCUT2D eigenvalue weighted by atomic mass is 10.1. The Balaban J connectivity index is 0.00000208. The zero-order chi connectivity index (χ0) is 16.2. The molecule has 2 aromatic rings. The van der Waals surface area contributed by atoms with Crippen molar-refractivity contribution in [3.05, 3.63) is 46.3 Å². The first-order valence-corrected chi connectivity index (χ1v) is 7.91. The van der Waals surface area contributed by atoms with E-state index in [9.17, 15) is 4.79 Å². The highest BCUT2D eigenvalue weighted by atomic mass is 35.5. The highest BCUT2D eigenvalue weighted by Gasteiger charge is 2.21. The molecular weight excluding hydrogens is 328 g/mol. The van der Waals surface area contributed by atoms with Gasteiger partial charge >= 0.3 is 0 Å². The minimum absolute atomic E-state index is 0. The number of nitrogens with one attached hydrogen (secondary N) is 3. The lowest BCUT2D eigenvalue weighted by Gasteiger charge is -2.14. The number of ether oxygens (including phenoxy) is 1. The molecule has 0 atom stereocenters. The van der Waals surface area contributed by atoms with Crippen LogP contribution in [0.3, 0.4) is 0 Å². The number of amides is 1. The van der Waals surface area contributed by atoms with E-state index in [4.69, 9.17) is 4.74 Å². The van der Waals surface area contributed by atoms with E-state index in [1.807, 2.05) is 32.0 Å². The molecule has 2 heterocycles. The van der Waals surface area contributed by atoms with Gasteiger partial charge in [0, 0.05) is 30.8 Å². The molecule has 0 radical (unpaired) electrons. The topological polar surface area (TPSA) is 79.0 Å². The molecule has 7 heteroatoms. The Morgan fingerprint density at radius 3 is 2.83 bits per heavy atom. The van der Waals surface area contributed by atoms with E-state index in [1.165, 1.54) is 0 Å². The molecule has 0 aliphatic carbocycles. The number of aryl methyl sites for hydroxylation is 2. The van der Waals surface area contributed by atoms with Gasteiger partial charge in [-0.3, -0.25) is 9.89 Å². The predicted molar refractivity (Wildman–Crippen MR) is 95.0 cm³/mol. The molecule has 1 aliphatic heterocycles. The van der Waals surface area contributed by atoms with Crippen LogP contribution in [0.2, 0.25) is 0 Å². The average Bonchev–Trinajstić information content (AvgIpc) is 2.97. The van der Waals surface area contributed by atoms with Crippen molar-refractivity contribution in [2.75, 3.05) is 19.7 Å². The van der Waals surface area contributed by atoms with Gasteiger partial charge in [-0.25, -0.2) is 0 Å². The fourth-order valence-corrected chi connectivity index (χ4v) is 2.84. The van der Waals surface area contributed by atoms with E-state index < -0.39 is 0 Å². The Labute approximate surface area is 147 Å². The third kappa shape index (κ3) is 3.88. The number of para-hydroxylation sites is 1. The third-order valence-corrected chi connectivity index (χ3v) is 4.06. The van der Waals surface area contributed by atoms with Crippen LogP contribution >= 0.6 is 12.4 Å². The maximum Gasteiger partial charge on any atom is 0.272 e. The lowest BCUT2D eigenvalue weighted by Crippen LogP contribution is -2.31. The molecule has 0 spiro atoms. The number of hydrogen-bond acceptors (Lipinski definition) is 4. The minimum atomic E-state index is -0.156. The molecule has 0 fully saturated rings. The summed E-state index contributed by atoms with van der Waals surface area (Å²) in [6.45, 7) is 6.52. The van der Waals surface area contributed by atoms with Gasteiger partial charge in [-0.15, -0.1) is 12.4 Å². The van der Waals surface area contributed by atoms with Crippen LogP contribution in [-0.2, 0) is 13.0 Å². The molecule has 1 aromatic heterocycles. The lowest BCUT2D eigenvalue weighted by molar-refractivity contribution is 0.0940. The number of carbonyl (C=O) groups excluding carboxylic acids is 1. The third-order valence-electron chi connectivity index (χ3n) is 4.06. The molecule has 0 saturated heterocycles. The molecule has 130 valence electrons. The normalized spacial score (nSPS) is 12.9. The Bertz CT molecular complexity index is 694. The zero-order valence-electron chi connectivity index (χ0n) is 13.9. The fraction of sp³-hybridized carbons (Fsp3) is 0.412. The molecule has 0 bridgehead atoms. The van der Waals surface area contributed by atoms with Gasteiger partial charge in [0.1, 0.15) is 12.4 Å². The fourth-order valence-electron chi connectivity index (χ4n) is 2.84. The summed E-state index contributed by atoms with van der Waals surface area (Å²) in [4.78, 5) is 12.2. The average molecular weight is 351 g/mol. The van der Waals surface area contributed by atoms with Gasteiger partial charge in [0.2, 0.25) is 0 Å². The van der Waals surface area contributed by atoms with Crippen LogP contribution in [0.1, 0.15) is 32.9 Å². The van der Waals surface area contributed by atoms with E-state index in [-0.39, 0.29) is 18.3 Å². The number of aromatic amines is 1. The molecule has 24 heavy (non-hydrogen) atoms. The summed E-state index contributed by atoms with van der Waals surface area (Å²) < 4.78 is 5.79. The second-order valence-corrected chi connectivity index (χ2v) is 5.78. The van der Waals surface area contributed by atoms with Crippen LogP contribution in [0.4, 0.5) is 0 Å². The van der Waals surface area contributed by atoms with Crippen molar-refractivity contribution in [3.8, 4) is 5.75 Å². The van der Waals surface area contributed by atoms with E-state index in [2.05, 4.69) is 20.8 Å². The molecule has 1 aliphatic rings. The van der Waals surface area contributed by atoms with Crippen molar-refractivity contribution in [1.82, 2.24) is 20.8 Å². The summed E-state index contributed by atoms with van der Waals surface area (Å²) in [5.41, 5.74) is 4.72. The summed E-state index contributed by atoms with van der Waals surface area (Å²) >= 11 is 0. The number of fused-ring (bicyclic) bond motifs is 1. The number of benzene rings is 1. The highest BCUT2D eigenvalue weighted by molar-refractivity contribution is 5.94. The van der Waals surface area contributed by atoms with E-state index >= 15 is 0 Å². The SMILES string of the molecule is Cc1cccc(C)c1OCCNC(=O)c1n[nH]c2c1CNCC2.Cl. The predicted octanol–water partition coefficient (Wildman–Crippen LogP) is 1.90. The Morgan fingerprint density at radius 2 is 2.08 bits per heavy atom. The summed E-state index contributed by atoms with van der Waals surface area (Å²) in [5.74, 6) is 0.736.